The Kier molecular flexibility index (Phi) is 4.82. The lowest BCUT2D eigenvalue weighted by Gasteiger charge is -2.09. The molecule has 2 aromatic carbocycles. The molecule has 118 valence electrons. The SMILES string of the molecule is O=[N+]([O-])c1ccc(/C(=C\c2ccc(Br)cc2)c2ccncc2)cc1. The standard InChI is InChI=1S/C19H13BrN2O2/c20-17-5-1-14(2-6-17)13-19(16-9-11-21-12-10-16)15-3-7-18(8-4-15)22(23)24/h1-13H/b19-13+. The van der Waals surface area contributed by atoms with Crippen molar-refractivity contribution in [3.63, 3.8) is 0 Å². The molecule has 3 aromatic rings. The van der Waals surface area contributed by atoms with Crippen molar-refractivity contribution in [3.05, 3.63) is 104 Å². The zero-order valence-electron chi connectivity index (χ0n) is 12.6. The van der Waals surface area contributed by atoms with Crippen LogP contribution in [0.2, 0.25) is 0 Å². The lowest BCUT2D eigenvalue weighted by Crippen LogP contribution is -1.91. The van der Waals surface area contributed by atoms with Crippen LogP contribution in [-0.4, -0.2) is 9.91 Å². The molecule has 1 aromatic heterocycles. The van der Waals surface area contributed by atoms with Crippen LogP contribution in [0.3, 0.4) is 0 Å². The molecule has 4 nitrogen and oxygen atoms in total. The first-order chi connectivity index (χ1) is 11.6. The van der Waals surface area contributed by atoms with Gasteiger partial charge in [0.15, 0.2) is 0 Å². The molecule has 24 heavy (non-hydrogen) atoms. The lowest BCUT2D eigenvalue weighted by molar-refractivity contribution is -0.384. The summed E-state index contributed by atoms with van der Waals surface area (Å²) in [6.07, 6.45) is 5.52. The van der Waals surface area contributed by atoms with Gasteiger partial charge in [0, 0.05) is 29.0 Å². The fourth-order valence-electron chi connectivity index (χ4n) is 2.35. The normalized spacial score (nSPS) is 11.3. The maximum atomic E-state index is 10.9. The molecular weight excluding hydrogens is 368 g/mol. The number of nitro benzene ring substituents is 1. The Hall–Kier alpha value is -2.79. The molecule has 0 aliphatic rings. The average molecular weight is 381 g/mol. The number of nitro groups is 1. The molecule has 5 heteroatoms. The average Bonchev–Trinajstić information content (AvgIpc) is 2.62. The third kappa shape index (κ3) is 3.75. The molecule has 0 bridgehead atoms. The number of nitrogens with zero attached hydrogens (tertiary/aromatic N) is 2. The van der Waals surface area contributed by atoms with Crippen LogP contribution in [0.5, 0.6) is 0 Å². The second kappa shape index (κ2) is 7.19. The first-order valence-corrected chi connectivity index (χ1v) is 8.05. The van der Waals surface area contributed by atoms with Crippen molar-refractivity contribution in [1.82, 2.24) is 4.98 Å². The van der Waals surface area contributed by atoms with Crippen molar-refractivity contribution in [3.8, 4) is 0 Å². The van der Waals surface area contributed by atoms with E-state index in [0.29, 0.717) is 0 Å². The van der Waals surface area contributed by atoms with E-state index in [1.807, 2.05) is 36.4 Å². The summed E-state index contributed by atoms with van der Waals surface area (Å²) in [5.74, 6) is 0. The quantitative estimate of drug-likeness (QED) is 0.348. The molecule has 0 aliphatic carbocycles. The number of non-ortho nitro benzene ring substituents is 1. The van der Waals surface area contributed by atoms with Gasteiger partial charge in [-0.2, -0.15) is 0 Å². The second-order valence-corrected chi connectivity index (χ2v) is 6.07. The predicted octanol–water partition coefficient (Wildman–Crippen LogP) is 5.34. The monoisotopic (exact) mass is 380 g/mol. The number of hydrogen-bond donors (Lipinski definition) is 0. The van der Waals surface area contributed by atoms with Crippen molar-refractivity contribution in [1.29, 1.82) is 0 Å². The third-order valence-corrected chi connectivity index (χ3v) is 4.09. The van der Waals surface area contributed by atoms with E-state index in [1.165, 1.54) is 12.1 Å². The molecule has 0 aliphatic heterocycles. The van der Waals surface area contributed by atoms with Crippen LogP contribution >= 0.6 is 15.9 Å². The van der Waals surface area contributed by atoms with Gasteiger partial charge in [-0.15, -0.1) is 0 Å². The van der Waals surface area contributed by atoms with Crippen LogP contribution in [0.1, 0.15) is 16.7 Å². The van der Waals surface area contributed by atoms with Gasteiger partial charge in [0.05, 0.1) is 4.92 Å². The van der Waals surface area contributed by atoms with Crippen LogP contribution in [0.15, 0.2) is 77.5 Å². The zero-order chi connectivity index (χ0) is 16.9. The summed E-state index contributed by atoms with van der Waals surface area (Å²) in [5, 5.41) is 10.9. The van der Waals surface area contributed by atoms with Crippen LogP contribution in [0.25, 0.3) is 11.6 Å². The summed E-state index contributed by atoms with van der Waals surface area (Å²) in [5.41, 5.74) is 4.02. The topological polar surface area (TPSA) is 56.0 Å². The molecule has 0 saturated heterocycles. The van der Waals surface area contributed by atoms with Gasteiger partial charge in [0.25, 0.3) is 5.69 Å². The van der Waals surface area contributed by atoms with Gasteiger partial charge >= 0.3 is 0 Å². The van der Waals surface area contributed by atoms with Gasteiger partial charge in [0.2, 0.25) is 0 Å². The molecule has 0 radical (unpaired) electrons. The molecule has 0 atom stereocenters. The van der Waals surface area contributed by atoms with Crippen molar-refractivity contribution in [2.24, 2.45) is 0 Å². The number of pyridine rings is 1. The zero-order valence-corrected chi connectivity index (χ0v) is 14.2. The Bertz CT molecular complexity index is 874. The predicted molar refractivity (Wildman–Crippen MR) is 98.4 cm³/mol. The van der Waals surface area contributed by atoms with Gasteiger partial charge < -0.3 is 0 Å². The maximum Gasteiger partial charge on any atom is 0.269 e. The molecule has 0 unspecified atom stereocenters. The van der Waals surface area contributed by atoms with Gasteiger partial charge in [-0.25, -0.2) is 0 Å². The Morgan fingerprint density at radius 1 is 0.917 bits per heavy atom. The summed E-state index contributed by atoms with van der Waals surface area (Å²) in [6, 6.07) is 18.4. The van der Waals surface area contributed by atoms with Gasteiger partial charge in [-0.1, -0.05) is 28.1 Å². The van der Waals surface area contributed by atoms with Crippen LogP contribution < -0.4 is 0 Å². The fourth-order valence-corrected chi connectivity index (χ4v) is 2.62. The molecule has 0 saturated carbocycles. The van der Waals surface area contributed by atoms with Gasteiger partial charge in [0.1, 0.15) is 0 Å². The van der Waals surface area contributed by atoms with Crippen molar-refractivity contribution in [2.75, 3.05) is 0 Å². The smallest absolute Gasteiger partial charge is 0.265 e. The van der Waals surface area contributed by atoms with Gasteiger partial charge in [-0.05, 0) is 64.7 Å². The van der Waals surface area contributed by atoms with Crippen molar-refractivity contribution < 1.29 is 4.92 Å². The highest BCUT2D eigenvalue weighted by molar-refractivity contribution is 9.10. The molecule has 3 rings (SSSR count). The van der Waals surface area contributed by atoms with E-state index < -0.39 is 4.92 Å². The fraction of sp³-hybridized carbons (Fsp3) is 0. The highest BCUT2D eigenvalue weighted by Crippen LogP contribution is 2.27. The van der Waals surface area contributed by atoms with E-state index in [0.717, 1.165) is 26.7 Å². The first-order valence-electron chi connectivity index (χ1n) is 7.26. The number of rotatable bonds is 4. The largest absolute Gasteiger partial charge is 0.269 e. The molecule has 0 amide bonds. The van der Waals surface area contributed by atoms with Crippen molar-refractivity contribution in [2.45, 2.75) is 0 Å². The van der Waals surface area contributed by atoms with E-state index in [-0.39, 0.29) is 5.69 Å². The van der Waals surface area contributed by atoms with E-state index in [1.54, 1.807) is 24.5 Å². The Labute approximate surface area is 147 Å². The minimum absolute atomic E-state index is 0.0801. The summed E-state index contributed by atoms with van der Waals surface area (Å²) in [7, 11) is 0. The van der Waals surface area contributed by atoms with Crippen LogP contribution in [0.4, 0.5) is 5.69 Å². The molecule has 0 spiro atoms. The van der Waals surface area contributed by atoms with E-state index in [4.69, 9.17) is 0 Å². The minimum Gasteiger partial charge on any atom is -0.265 e. The van der Waals surface area contributed by atoms with Crippen molar-refractivity contribution >= 4 is 33.3 Å². The maximum absolute atomic E-state index is 10.9. The summed E-state index contributed by atoms with van der Waals surface area (Å²) >= 11 is 3.43. The lowest BCUT2D eigenvalue weighted by atomic mass is 9.96. The number of halogens is 1. The minimum atomic E-state index is -0.395. The summed E-state index contributed by atoms with van der Waals surface area (Å²) in [4.78, 5) is 14.5. The highest BCUT2D eigenvalue weighted by atomic mass is 79.9. The number of benzene rings is 2. The van der Waals surface area contributed by atoms with Gasteiger partial charge in [-0.3, -0.25) is 15.1 Å². The Morgan fingerprint density at radius 3 is 2.08 bits per heavy atom. The Morgan fingerprint density at radius 2 is 1.50 bits per heavy atom. The first kappa shape index (κ1) is 16.1. The Balaban J connectivity index is 2.08. The second-order valence-electron chi connectivity index (χ2n) is 5.15. The number of aromatic nitrogens is 1. The summed E-state index contributed by atoms with van der Waals surface area (Å²) in [6.45, 7) is 0. The summed E-state index contributed by atoms with van der Waals surface area (Å²) < 4.78 is 1.01. The van der Waals surface area contributed by atoms with Crippen LogP contribution in [-0.2, 0) is 0 Å². The highest BCUT2D eigenvalue weighted by Gasteiger charge is 2.09. The van der Waals surface area contributed by atoms with Crippen LogP contribution in [0, 0.1) is 10.1 Å². The third-order valence-electron chi connectivity index (χ3n) is 3.56. The van der Waals surface area contributed by atoms with E-state index >= 15 is 0 Å². The molecule has 1 heterocycles. The molecule has 0 N–H and O–H groups in total. The number of hydrogen-bond acceptors (Lipinski definition) is 3. The molecule has 0 fully saturated rings. The van der Waals surface area contributed by atoms with E-state index in [2.05, 4.69) is 27.0 Å². The van der Waals surface area contributed by atoms with E-state index in [9.17, 15) is 10.1 Å². The molecular formula is C19H13BrN2O2.